The molecular formula is C19H30IN3O. The van der Waals surface area contributed by atoms with Crippen LogP contribution in [-0.4, -0.2) is 24.2 Å². The number of halogens is 1. The molecule has 5 heteroatoms. The molecule has 0 heterocycles. The lowest BCUT2D eigenvalue weighted by molar-refractivity contribution is 0.280. The van der Waals surface area contributed by atoms with Gasteiger partial charge in [-0.05, 0) is 50.2 Å². The fourth-order valence-corrected chi connectivity index (χ4v) is 2.85. The molecule has 0 saturated carbocycles. The quantitative estimate of drug-likeness (QED) is 0.261. The van der Waals surface area contributed by atoms with Crippen LogP contribution in [0.25, 0.3) is 0 Å². The summed E-state index contributed by atoms with van der Waals surface area (Å²) in [6.45, 7) is 4.47. The average molecular weight is 443 g/mol. The van der Waals surface area contributed by atoms with E-state index in [9.17, 15) is 5.11 Å². The first-order valence-electron chi connectivity index (χ1n) is 8.71. The van der Waals surface area contributed by atoms with E-state index in [0.29, 0.717) is 6.54 Å². The van der Waals surface area contributed by atoms with Gasteiger partial charge in [-0.2, -0.15) is 0 Å². The van der Waals surface area contributed by atoms with Crippen molar-refractivity contribution in [1.82, 2.24) is 10.6 Å². The van der Waals surface area contributed by atoms with Gasteiger partial charge in [0.25, 0.3) is 0 Å². The molecule has 0 aromatic heterocycles. The van der Waals surface area contributed by atoms with E-state index in [1.807, 2.05) is 24.3 Å². The third-order valence-corrected chi connectivity index (χ3v) is 4.16. The first kappa shape index (κ1) is 21.0. The number of rotatable bonds is 7. The molecule has 1 aliphatic rings. The molecule has 1 aromatic rings. The predicted molar refractivity (Wildman–Crippen MR) is 112 cm³/mol. The molecule has 0 atom stereocenters. The van der Waals surface area contributed by atoms with Gasteiger partial charge in [0, 0.05) is 13.1 Å². The molecule has 2 rings (SSSR count). The number of aliphatic imine (C=N–C) groups is 1. The molecule has 0 radical (unpaired) electrons. The van der Waals surface area contributed by atoms with Crippen LogP contribution in [0, 0.1) is 0 Å². The van der Waals surface area contributed by atoms with Crippen molar-refractivity contribution in [1.29, 1.82) is 0 Å². The number of guanidine groups is 1. The van der Waals surface area contributed by atoms with Crippen LogP contribution in [0.15, 0.2) is 40.9 Å². The zero-order chi connectivity index (χ0) is 16.3. The molecule has 0 aliphatic heterocycles. The number of benzene rings is 1. The summed E-state index contributed by atoms with van der Waals surface area (Å²) in [5.74, 6) is 0.844. The van der Waals surface area contributed by atoms with Gasteiger partial charge in [0.2, 0.25) is 0 Å². The van der Waals surface area contributed by atoms with Crippen LogP contribution < -0.4 is 10.6 Å². The second-order valence-corrected chi connectivity index (χ2v) is 5.91. The minimum absolute atomic E-state index is 0. The Morgan fingerprint density at radius 1 is 1.17 bits per heavy atom. The van der Waals surface area contributed by atoms with E-state index < -0.39 is 0 Å². The van der Waals surface area contributed by atoms with Crippen molar-refractivity contribution in [3.8, 4) is 0 Å². The first-order chi connectivity index (χ1) is 11.3. The molecule has 0 amide bonds. The Morgan fingerprint density at radius 2 is 1.96 bits per heavy atom. The molecule has 0 saturated heterocycles. The highest BCUT2D eigenvalue weighted by molar-refractivity contribution is 14.0. The van der Waals surface area contributed by atoms with Crippen LogP contribution in [0.2, 0.25) is 0 Å². The Labute approximate surface area is 162 Å². The number of aliphatic hydroxyl groups is 1. The molecule has 0 fully saturated rings. The molecule has 1 aliphatic carbocycles. The molecule has 0 unspecified atom stereocenters. The van der Waals surface area contributed by atoms with Gasteiger partial charge in [0.1, 0.15) is 0 Å². The highest BCUT2D eigenvalue weighted by Gasteiger charge is 2.05. The predicted octanol–water partition coefficient (Wildman–Crippen LogP) is 3.74. The summed E-state index contributed by atoms with van der Waals surface area (Å²) in [6, 6.07) is 7.90. The van der Waals surface area contributed by atoms with Crippen LogP contribution in [0.3, 0.4) is 0 Å². The Morgan fingerprint density at radius 3 is 2.62 bits per heavy atom. The Bertz CT molecular complexity index is 543. The summed E-state index contributed by atoms with van der Waals surface area (Å²) in [4.78, 5) is 4.64. The smallest absolute Gasteiger partial charge is 0.191 e. The van der Waals surface area contributed by atoms with Gasteiger partial charge in [-0.25, -0.2) is 4.99 Å². The molecule has 4 nitrogen and oxygen atoms in total. The van der Waals surface area contributed by atoms with E-state index in [0.717, 1.165) is 36.6 Å². The molecule has 3 N–H and O–H groups in total. The molecule has 0 spiro atoms. The number of nitrogens with one attached hydrogen (secondary N) is 2. The van der Waals surface area contributed by atoms with Gasteiger partial charge < -0.3 is 15.7 Å². The van der Waals surface area contributed by atoms with Crippen molar-refractivity contribution in [2.24, 2.45) is 4.99 Å². The highest BCUT2D eigenvalue weighted by atomic mass is 127. The molecular weight excluding hydrogens is 413 g/mol. The number of hydrogen-bond donors (Lipinski definition) is 3. The average Bonchev–Trinajstić information content (AvgIpc) is 2.61. The molecule has 0 bridgehead atoms. The lowest BCUT2D eigenvalue weighted by Gasteiger charge is -2.15. The summed E-state index contributed by atoms with van der Waals surface area (Å²) >= 11 is 0. The summed E-state index contributed by atoms with van der Waals surface area (Å²) in [5.41, 5.74) is 3.59. The van der Waals surface area contributed by atoms with Gasteiger partial charge in [0.15, 0.2) is 5.96 Å². The Hall–Kier alpha value is -1.08. The number of hydrogen-bond acceptors (Lipinski definition) is 2. The number of nitrogens with zero attached hydrogens (tertiary/aromatic N) is 1. The van der Waals surface area contributed by atoms with Gasteiger partial charge >= 0.3 is 0 Å². The third kappa shape index (κ3) is 7.21. The standard InChI is InChI=1S/C19H29N3O.HI/c1-2-20-19(21-13-12-16-8-4-3-5-9-16)22-14-17-10-6-7-11-18(17)15-23;/h6-8,10-11,23H,2-5,9,12-15H2,1H3,(H2,20,21,22);1H. The van der Waals surface area contributed by atoms with E-state index in [-0.39, 0.29) is 30.6 Å². The van der Waals surface area contributed by atoms with Crippen LogP contribution in [0.5, 0.6) is 0 Å². The van der Waals surface area contributed by atoms with Crippen molar-refractivity contribution in [3.05, 3.63) is 47.0 Å². The fourth-order valence-electron chi connectivity index (χ4n) is 2.85. The SMILES string of the molecule is CCNC(=NCc1ccccc1CO)NCCC1=CCCCC1.I. The van der Waals surface area contributed by atoms with Gasteiger partial charge in [-0.3, -0.25) is 0 Å². The topological polar surface area (TPSA) is 56.7 Å². The highest BCUT2D eigenvalue weighted by Crippen LogP contribution is 2.19. The van der Waals surface area contributed by atoms with Crippen molar-refractivity contribution in [3.63, 3.8) is 0 Å². The summed E-state index contributed by atoms with van der Waals surface area (Å²) < 4.78 is 0. The Kier molecular flexibility index (Phi) is 10.7. The molecule has 1 aromatic carbocycles. The van der Waals surface area contributed by atoms with Crippen molar-refractivity contribution in [2.75, 3.05) is 13.1 Å². The molecule has 24 heavy (non-hydrogen) atoms. The van der Waals surface area contributed by atoms with Crippen molar-refractivity contribution in [2.45, 2.75) is 52.2 Å². The number of allylic oxidation sites excluding steroid dienone is 1. The lowest BCUT2D eigenvalue weighted by atomic mass is 9.97. The van der Waals surface area contributed by atoms with E-state index in [2.05, 4.69) is 28.6 Å². The maximum atomic E-state index is 9.39. The summed E-state index contributed by atoms with van der Waals surface area (Å²) in [5, 5.41) is 16.1. The zero-order valence-corrected chi connectivity index (χ0v) is 16.9. The largest absolute Gasteiger partial charge is 0.392 e. The van der Waals surface area contributed by atoms with E-state index in [4.69, 9.17) is 0 Å². The van der Waals surface area contributed by atoms with Crippen LogP contribution in [0.4, 0.5) is 0 Å². The summed E-state index contributed by atoms with van der Waals surface area (Å²) in [7, 11) is 0. The van der Waals surface area contributed by atoms with Crippen molar-refractivity contribution >= 4 is 29.9 Å². The zero-order valence-electron chi connectivity index (χ0n) is 14.6. The molecule has 134 valence electrons. The van der Waals surface area contributed by atoms with Crippen LogP contribution >= 0.6 is 24.0 Å². The van der Waals surface area contributed by atoms with Gasteiger partial charge in [-0.1, -0.05) is 35.9 Å². The minimum atomic E-state index is 0. The normalized spacial score (nSPS) is 14.6. The second kappa shape index (κ2) is 12.3. The van der Waals surface area contributed by atoms with Crippen LogP contribution in [-0.2, 0) is 13.2 Å². The maximum absolute atomic E-state index is 9.39. The second-order valence-electron chi connectivity index (χ2n) is 5.91. The lowest BCUT2D eigenvalue weighted by Crippen LogP contribution is -2.37. The Balaban J connectivity index is 0.00000288. The van der Waals surface area contributed by atoms with Crippen LogP contribution in [0.1, 0.15) is 50.2 Å². The monoisotopic (exact) mass is 443 g/mol. The van der Waals surface area contributed by atoms with E-state index in [1.54, 1.807) is 5.57 Å². The van der Waals surface area contributed by atoms with E-state index >= 15 is 0 Å². The number of aliphatic hydroxyl groups excluding tert-OH is 1. The minimum Gasteiger partial charge on any atom is -0.392 e. The van der Waals surface area contributed by atoms with Crippen molar-refractivity contribution < 1.29 is 5.11 Å². The first-order valence-corrected chi connectivity index (χ1v) is 8.71. The fraction of sp³-hybridized carbons (Fsp3) is 0.526. The third-order valence-electron chi connectivity index (χ3n) is 4.16. The summed E-state index contributed by atoms with van der Waals surface area (Å²) in [6.07, 6.45) is 8.65. The van der Waals surface area contributed by atoms with Gasteiger partial charge in [-0.15, -0.1) is 24.0 Å². The maximum Gasteiger partial charge on any atom is 0.191 e. The van der Waals surface area contributed by atoms with Gasteiger partial charge in [0.05, 0.1) is 13.2 Å². The van der Waals surface area contributed by atoms with E-state index in [1.165, 1.54) is 25.7 Å².